The van der Waals surface area contributed by atoms with Gasteiger partial charge in [0, 0.05) is 12.7 Å². The minimum absolute atomic E-state index is 0.000354. The average Bonchev–Trinajstić information content (AvgIpc) is 2.58. The van der Waals surface area contributed by atoms with Gasteiger partial charge in [0.05, 0.1) is 11.9 Å². The van der Waals surface area contributed by atoms with Gasteiger partial charge in [-0.05, 0) is 39.2 Å². The van der Waals surface area contributed by atoms with Crippen LogP contribution in [0.15, 0.2) is 24.5 Å². The number of hydrogen-bond acceptors (Lipinski definition) is 7. The maximum atomic E-state index is 13.1. The molecule has 138 valence electrons. The van der Waals surface area contributed by atoms with Crippen molar-refractivity contribution in [3.8, 4) is 6.07 Å². The van der Waals surface area contributed by atoms with E-state index in [0.29, 0.717) is 18.7 Å². The molecule has 0 unspecified atom stereocenters. The number of rotatable bonds is 7. The van der Waals surface area contributed by atoms with Gasteiger partial charge in [0.1, 0.15) is 23.1 Å². The van der Waals surface area contributed by atoms with Crippen LogP contribution >= 0.6 is 0 Å². The zero-order valence-electron chi connectivity index (χ0n) is 14.3. The van der Waals surface area contributed by atoms with Crippen molar-refractivity contribution in [1.82, 2.24) is 19.9 Å². The molecule has 2 rings (SSSR count). The number of hydrogen-bond donors (Lipinski definition) is 2. The molecule has 0 aliphatic rings. The number of nitrogens with one attached hydrogen (secondary N) is 2. The van der Waals surface area contributed by atoms with Gasteiger partial charge in [0.25, 0.3) is 0 Å². The number of anilines is 3. The number of alkyl halides is 3. The largest absolute Gasteiger partial charge is 0.421 e. The van der Waals surface area contributed by atoms with Crippen LogP contribution in [0.25, 0.3) is 0 Å². The van der Waals surface area contributed by atoms with Crippen LogP contribution in [-0.2, 0) is 6.18 Å². The maximum absolute atomic E-state index is 13.1. The topological polar surface area (TPSA) is 89.8 Å². The number of aromatic nitrogens is 3. The molecule has 2 N–H and O–H groups in total. The summed E-state index contributed by atoms with van der Waals surface area (Å²) in [5.41, 5.74) is -0.236. The smallest absolute Gasteiger partial charge is 0.369 e. The van der Waals surface area contributed by atoms with Crippen molar-refractivity contribution in [2.75, 3.05) is 37.8 Å². The normalized spacial score (nSPS) is 11.3. The Kier molecular flexibility index (Phi) is 6.30. The van der Waals surface area contributed by atoms with Crippen molar-refractivity contribution < 1.29 is 13.2 Å². The summed E-state index contributed by atoms with van der Waals surface area (Å²) in [4.78, 5) is 13.5. The molecule has 2 aromatic rings. The number of nitrogens with zero attached hydrogens (tertiary/aromatic N) is 5. The van der Waals surface area contributed by atoms with Crippen molar-refractivity contribution in [3.05, 3.63) is 35.8 Å². The molecule has 0 atom stereocenters. The SMILES string of the molecule is CN(C)CCCNc1nc(Nc2ccc(C#N)nc2)ncc1C(F)(F)F. The molecule has 10 heteroatoms. The van der Waals surface area contributed by atoms with Gasteiger partial charge in [-0.3, -0.25) is 0 Å². The first-order valence-corrected chi connectivity index (χ1v) is 7.75. The lowest BCUT2D eigenvalue weighted by Crippen LogP contribution is -2.19. The highest BCUT2D eigenvalue weighted by atomic mass is 19.4. The quantitative estimate of drug-likeness (QED) is 0.729. The van der Waals surface area contributed by atoms with E-state index in [9.17, 15) is 13.2 Å². The molecule has 0 aliphatic heterocycles. The molecule has 7 nitrogen and oxygen atoms in total. The van der Waals surface area contributed by atoms with E-state index in [0.717, 1.165) is 12.7 Å². The average molecular weight is 365 g/mol. The molecule has 0 saturated carbocycles. The minimum atomic E-state index is -4.56. The highest BCUT2D eigenvalue weighted by Gasteiger charge is 2.35. The highest BCUT2D eigenvalue weighted by Crippen LogP contribution is 2.34. The summed E-state index contributed by atoms with van der Waals surface area (Å²) in [7, 11) is 3.78. The fourth-order valence-corrected chi connectivity index (χ4v) is 2.05. The first-order chi connectivity index (χ1) is 12.3. The first kappa shape index (κ1) is 19.4. The summed E-state index contributed by atoms with van der Waals surface area (Å²) in [6, 6.07) is 4.92. The fourth-order valence-electron chi connectivity index (χ4n) is 2.05. The van der Waals surface area contributed by atoms with E-state index in [1.54, 1.807) is 6.07 Å². The summed E-state index contributed by atoms with van der Waals surface area (Å²) in [5, 5.41) is 14.2. The van der Waals surface area contributed by atoms with Gasteiger partial charge in [0.2, 0.25) is 5.95 Å². The van der Waals surface area contributed by atoms with E-state index in [-0.39, 0.29) is 17.5 Å². The van der Waals surface area contributed by atoms with E-state index >= 15 is 0 Å². The number of nitriles is 1. The van der Waals surface area contributed by atoms with Gasteiger partial charge in [-0.15, -0.1) is 0 Å². The second-order valence-corrected chi connectivity index (χ2v) is 5.71. The van der Waals surface area contributed by atoms with Crippen LogP contribution in [0.3, 0.4) is 0 Å². The van der Waals surface area contributed by atoms with Gasteiger partial charge in [-0.1, -0.05) is 0 Å². The summed E-state index contributed by atoms with van der Waals surface area (Å²) < 4.78 is 39.4. The van der Waals surface area contributed by atoms with Crippen LogP contribution in [0.2, 0.25) is 0 Å². The van der Waals surface area contributed by atoms with E-state index in [1.807, 2.05) is 25.1 Å². The second kappa shape index (κ2) is 8.44. The summed E-state index contributed by atoms with van der Waals surface area (Å²) >= 11 is 0. The van der Waals surface area contributed by atoms with Gasteiger partial charge < -0.3 is 15.5 Å². The minimum Gasteiger partial charge on any atom is -0.369 e. The van der Waals surface area contributed by atoms with Crippen molar-refractivity contribution in [3.63, 3.8) is 0 Å². The molecule has 2 heterocycles. The second-order valence-electron chi connectivity index (χ2n) is 5.71. The summed E-state index contributed by atoms with van der Waals surface area (Å²) in [6.07, 6.45) is -1.78. The van der Waals surface area contributed by atoms with Crippen LogP contribution in [-0.4, -0.2) is 47.0 Å². The monoisotopic (exact) mass is 365 g/mol. The van der Waals surface area contributed by atoms with Crippen molar-refractivity contribution in [2.45, 2.75) is 12.6 Å². The molecular weight excluding hydrogens is 347 g/mol. The van der Waals surface area contributed by atoms with Crippen LogP contribution in [0, 0.1) is 11.3 Å². The molecule has 0 bridgehead atoms. The molecular formula is C16H18F3N7. The van der Waals surface area contributed by atoms with E-state index < -0.39 is 11.7 Å². The predicted molar refractivity (Wildman–Crippen MR) is 90.9 cm³/mol. The molecule has 0 aliphatic carbocycles. The van der Waals surface area contributed by atoms with Crippen LogP contribution in [0.4, 0.5) is 30.6 Å². The third-order valence-corrected chi connectivity index (χ3v) is 3.30. The van der Waals surface area contributed by atoms with Crippen molar-refractivity contribution >= 4 is 17.5 Å². The molecule has 0 spiro atoms. The lowest BCUT2D eigenvalue weighted by Gasteiger charge is -2.15. The Bertz CT molecular complexity index is 767. The van der Waals surface area contributed by atoms with Crippen molar-refractivity contribution in [2.24, 2.45) is 0 Å². The Morgan fingerprint density at radius 1 is 1.19 bits per heavy atom. The Morgan fingerprint density at radius 2 is 1.96 bits per heavy atom. The molecule has 2 aromatic heterocycles. The van der Waals surface area contributed by atoms with Gasteiger partial charge >= 0.3 is 6.18 Å². The third-order valence-electron chi connectivity index (χ3n) is 3.30. The maximum Gasteiger partial charge on any atom is 0.421 e. The Morgan fingerprint density at radius 3 is 2.54 bits per heavy atom. The van der Waals surface area contributed by atoms with Crippen molar-refractivity contribution in [1.29, 1.82) is 5.26 Å². The summed E-state index contributed by atoms with van der Waals surface area (Å²) in [5.74, 6) is -0.282. The van der Waals surface area contributed by atoms with Gasteiger partial charge in [0.15, 0.2) is 0 Å². The van der Waals surface area contributed by atoms with Gasteiger partial charge in [-0.25, -0.2) is 9.97 Å². The van der Waals surface area contributed by atoms with E-state index in [2.05, 4.69) is 25.6 Å². The van der Waals surface area contributed by atoms with Crippen LogP contribution in [0.1, 0.15) is 17.7 Å². The standard InChI is InChI=1S/C16H18F3N7/c1-26(2)7-3-6-21-14-13(16(17,18)19)10-23-15(25-14)24-12-5-4-11(8-20)22-9-12/h4-5,9-10H,3,6-7H2,1-2H3,(H2,21,23,24,25). The molecule has 0 aromatic carbocycles. The van der Waals surface area contributed by atoms with Gasteiger partial charge in [-0.2, -0.15) is 23.4 Å². The Hall–Kier alpha value is -2.93. The highest BCUT2D eigenvalue weighted by molar-refractivity contribution is 5.56. The van der Waals surface area contributed by atoms with E-state index in [1.165, 1.54) is 12.3 Å². The zero-order chi connectivity index (χ0) is 19.2. The Labute approximate surface area is 148 Å². The summed E-state index contributed by atoms with van der Waals surface area (Å²) in [6.45, 7) is 1.08. The third kappa shape index (κ3) is 5.56. The fraction of sp³-hybridized carbons (Fsp3) is 0.375. The van der Waals surface area contributed by atoms with Crippen LogP contribution < -0.4 is 10.6 Å². The zero-order valence-corrected chi connectivity index (χ0v) is 14.3. The van der Waals surface area contributed by atoms with E-state index in [4.69, 9.17) is 5.26 Å². The number of halogens is 3. The number of pyridine rings is 1. The Balaban J connectivity index is 2.17. The predicted octanol–water partition coefficient (Wildman–Crippen LogP) is 2.87. The molecule has 0 saturated heterocycles. The molecule has 0 amide bonds. The lowest BCUT2D eigenvalue weighted by molar-refractivity contribution is -0.137. The van der Waals surface area contributed by atoms with Crippen LogP contribution in [0.5, 0.6) is 0 Å². The molecule has 0 radical (unpaired) electrons. The lowest BCUT2D eigenvalue weighted by atomic mass is 10.3. The first-order valence-electron chi connectivity index (χ1n) is 7.75. The molecule has 0 fully saturated rings. The molecule has 26 heavy (non-hydrogen) atoms.